The maximum Gasteiger partial charge on any atom is 0.240 e. The molecule has 2 N–H and O–H groups in total. The molecule has 1 aromatic carbocycles. The predicted octanol–water partition coefficient (Wildman–Crippen LogP) is 2.02. The molecule has 2 heterocycles. The fraction of sp³-hybridized carbons (Fsp3) is 0.400. The lowest BCUT2D eigenvalue weighted by molar-refractivity contribution is -0.126. The molecule has 5 nitrogen and oxygen atoms in total. The van der Waals surface area contributed by atoms with Gasteiger partial charge in [0.15, 0.2) is 0 Å². The number of nitrogens with one attached hydrogen (secondary N) is 2. The Kier molecular flexibility index (Phi) is 5.22. The van der Waals surface area contributed by atoms with Crippen molar-refractivity contribution in [2.45, 2.75) is 19.0 Å². The third-order valence-corrected chi connectivity index (χ3v) is 3.47. The monoisotopic (exact) mass is 310 g/mol. The molecule has 1 aliphatic rings. The van der Waals surface area contributed by atoms with Crippen LogP contribution in [0.2, 0.25) is 0 Å². The van der Waals surface area contributed by atoms with E-state index in [1.54, 1.807) is 0 Å². The smallest absolute Gasteiger partial charge is 0.240 e. The summed E-state index contributed by atoms with van der Waals surface area (Å²) in [6.07, 6.45) is 0. The molecule has 1 aromatic heterocycles. The highest BCUT2D eigenvalue weighted by atomic mass is 35.5. The van der Waals surface area contributed by atoms with Gasteiger partial charge in [0.1, 0.15) is 17.4 Å². The molecule has 6 heteroatoms. The maximum atomic E-state index is 12.1. The van der Waals surface area contributed by atoms with Gasteiger partial charge in [-0.1, -0.05) is 18.2 Å². The van der Waals surface area contributed by atoms with Gasteiger partial charge in [-0.2, -0.15) is 0 Å². The van der Waals surface area contributed by atoms with Crippen LogP contribution in [-0.2, 0) is 9.53 Å². The fourth-order valence-electron chi connectivity index (χ4n) is 2.33. The highest BCUT2D eigenvalue weighted by molar-refractivity contribution is 5.85. The second kappa shape index (κ2) is 6.93. The molecule has 0 bridgehead atoms. The summed E-state index contributed by atoms with van der Waals surface area (Å²) >= 11 is 0. The first kappa shape index (κ1) is 15.8. The third kappa shape index (κ3) is 3.56. The molecule has 1 amide bonds. The quantitative estimate of drug-likeness (QED) is 0.910. The van der Waals surface area contributed by atoms with Gasteiger partial charge in [-0.05, 0) is 19.1 Å². The highest BCUT2D eigenvalue weighted by Gasteiger charge is 2.23. The highest BCUT2D eigenvalue weighted by Crippen LogP contribution is 2.23. The normalized spacial score (nSPS) is 19.8. The zero-order chi connectivity index (χ0) is 13.9. The average Bonchev–Trinajstić information content (AvgIpc) is 2.92. The van der Waals surface area contributed by atoms with Crippen molar-refractivity contribution in [3.05, 3.63) is 36.1 Å². The van der Waals surface area contributed by atoms with Crippen molar-refractivity contribution in [3.8, 4) is 0 Å². The molecule has 0 aliphatic carbocycles. The summed E-state index contributed by atoms with van der Waals surface area (Å²) in [7, 11) is 0. The predicted molar refractivity (Wildman–Crippen MR) is 82.6 cm³/mol. The Morgan fingerprint density at radius 1 is 1.43 bits per heavy atom. The molecule has 0 spiro atoms. The van der Waals surface area contributed by atoms with Crippen LogP contribution in [0.3, 0.4) is 0 Å². The van der Waals surface area contributed by atoms with E-state index in [4.69, 9.17) is 9.15 Å². The average molecular weight is 311 g/mol. The second-order valence-electron chi connectivity index (χ2n) is 5.00. The summed E-state index contributed by atoms with van der Waals surface area (Å²) in [6, 6.07) is 9.33. The number of morpholine rings is 1. The van der Waals surface area contributed by atoms with E-state index in [1.165, 1.54) is 0 Å². The van der Waals surface area contributed by atoms with Gasteiger partial charge in [0.2, 0.25) is 5.91 Å². The lowest BCUT2D eigenvalue weighted by Crippen LogP contribution is -2.51. The van der Waals surface area contributed by atoms with E-state index in [2.05, 4.69) is 10.6 Å². The van der Waals surface area contributed by atoms with Crippen molar-refractivity contribution in [1.29, 1.82) is 0 Å². The first-order valence-corrected chi connectivity index (χ1v) is 6.84. The lowest BCUT2D eigenvalue weighted by atomic mass is 10.2. The molecular weight excluding hydrogens is 292 g/mol. The molecular formula is C15H19ClN2O3. The van der Waals surface area contributed by atoms with Crippen LogP contribution in [0.1, 0.15) is 18.7 Å². The van der Waals surface area contributed by atoms with Crippen LogP contribution in [0.25, 0.3) is 11.0 Å². The van der Waals surface area contributed by atoms with Gasteiger partial charge in [0.25, 0.3) is 0 Å². The van der Waals surface area contributed by atoms with Gasteiger partial charge in [0, 0.05) is 11.9 Å². The molecule has 0 radical (unpaired) electrons. The zero-order valence-electron chi connectivity index (χ0n) is 11.8. The van der Waals surface area contributed by atoms with E-state index in [9.17, 15) is 4.79 Å². The molecule has 2 atom stereocenters. The Bertz CT molecular complexity index is 575. The topological polar surface area (TPSA) is 63.5 Å². The summed E-state index contributed by atoms with van der Waals surface area (Å²) in [6.45, 7) is 3.69. The number of para-hydroxylation sites is 1. The van der Waals surface area contributed by atoms with E-state index in [-0.39, 0.29) is 30.4 Å². The summed E-state index contributed by atoms with van der Waals surface area (Å²) in [5.74, 6) is 0.703. The van der Waals surface area contributed by atoms with Crippen molar-refractivity contribution in [2.75, 3.05) is 19.8 Å². The summed E-state index contributed by atoms with van der Waals surface area (Å²) in [4.78, 5) is 12.1. The SMILES string of the molecule is CC(NC(=O)C1COCCN1)c1cc2ccccc2o1.Cl. The molecule has 0 saturated carbocycles. The van der Waals surface area contributed by atoms with Crippen LogP contribution in [0, 0.1) is 0 Å². The van der Waals surface area contributed by atoms with Crippen molar-refractivity contribution in [1.82, 2.24) is 10.6 Å². The zero-order valence-corrected chi connectivity index (χ0v) is 12.6. The second-order valence-corrected chi connectivity index (χ2v) is 5.00. The summed E-state index contributed by atoms with van der Waals surface area (Å²) in [5, 5.41) is 7.13. The number of carbonyl (C=O) groups is 1. The Labute approximate surface area is 129 Å². The minimum absolute atomic E-state index is 0. The minimum Gasteiger partial charge on any atom is -0.459 e. The van der Waals surface area contributed by atoms with E-state index < -0.39 is 0 Å². The molecule has 1 fully saturated rings. The number of amides is 1. The number of halogens is 1. The van der Waals surface area contributed by atoms with Gasteiger partial charge in [0.05, 0.1) is 19.3 Å². The van der Waals surface area contributed by atoms with Crippen LogP contribution in [-0.4, -0.2) is 31.7 Å². The number of carbonyl (C=O) groups excluding carboxylic acids is 1. The molecule has 2 unspecified atom stereocenters. The van der Waals surface area contributed by atoms with Crippen LogP contribution < -0.4 is 10.6 Å². The number of ether oxygens (including phenoxy) is 1. The Morgan fingerprint density at radius 2 is 2.24 bits per heavy atom. The summed E-state index contributed by atoms with van der Waals surface area (Å²) in [5.41, 5.74) is 0.836. The standard InChI is InChI=1S/C15H18N2O3.ClH/c1-10(17-15(18)12-9-19-7-6-16-12)14-8-11-4-2-3-5-13(11)20-14;/h2-5,8,10,12,16H,6-7,9H2,1H3,(H,17,18);1H. The van der Waals surface area contributed by atoms with E-state index in [1.807, 2.05) is 37.3 Å². The van der Waals surface area contributed by atoms with E-state index in [0.29, 0.717) is 19.8 Å². The van der Waals surface area contributed by atoms with Gasteiger partial charge in [-0.25, -0.2) is 0 Å². The van der Waals surface area contributed by atoms with E-state index in [0.717, 1.165) is 16.7 Å². The molecule has 21 heavy (non-hydrogen) atoms. The van der Waals surface area contributed by atoms with Crippen LogP contribution in [0.5, 0.6) is 0 Å². The van der Waals surface area contributed by atoms with Gasteiger partial charge >= 0.3 is 0 Å². The molecule has 1 aliphatic heterocycles. The molecule has 2 aromatic rings. The van der Waals surface area contributed by atoms with Crippen molar-refractivity contribution >= 4 is 29.3 Å². The lowest BCUT2D eigenvalue weighted by Gasteiger charge is -2.24. The number of furan rings is 1. The fourth-order valence-corrected chi connectivity index (χ4v) is 2.33. The first-order chi connectivity index (χ1) is 9.74. The van der Waals surface area contributed by atoms with Crippen LogP contribution >= 0.6 is 12.4 Å². The largest absolute Gasteiger partial charge is 0.459 e. The van der Waals surface area contributed by atoms with Crippen molar-refractivity contribution in [2.24, 2.45) is 0 Å². The summed E-state index contributed by atoms with van der Waals surface area (Å²) < 4.78 is 11.0. The number of rotatable bonds is 3. The number of fused-ring (bicyclic) bond motifs is 1. The molecule has 1 saturated heterocycles. The van der Waals surface area contributed by atoms with Gasteiger partial charge in [-0.3, -0.25) is 4.79 Å². The Balaban J connectivity index is 0.00000161. The van der Waals surface area contributed by atoms with Crippen LogP contribution in [0.4, 0.5) is 0 Å². The van der Waals surface area contributed by atoms with Gasteiger partial charge < -0.3 is 19.8 Å². The third-order valence-electron chi connectivity index (χ3n) is 3.47. The Morgan fingerprint density at radius 3 is 2.95 bits per heavy atom. The Hall–Kier alpha value is -1.56. The van der Waals surface area contributed by atoms with Gasteiger partial charge in [-0.15, -0.1) is 12.4 Å². The number of benzene rings is 1. The van der Waals surface area contributed by atoms with Crippen molar-refractivity contribution < 1.29 is 13.9 Å². The molecule has 3 rings (SSSR count). The number of hydrogen-bond donors (Lipinski definition) is 2. The first-order valence-electron chi connectivity index (χ1n) is 6.84. The maximum absolute atomic E-state index is 12.1. The van der Waals surface area contributed by atoms with E-state index >= 15 is 0 Å². The van der Waals surface area contributed by atoms with Crippen LogP contribution in [0.15, 0.2) is 34.7 Å². The minimum atomic E-state index is -0.282. The van der Waals surface area contributed by atoms with Crippen molar-refractivity contribution in [3.63, 3.8) is 0 Å². The number of hydrogen-bond acceptors (Lipinski definition) is 4. The molecule has 114 valence electrons.